The van der Waals surface area contributed by atoms with E-state index in [1.165, 1.54) is 12.1 Å². The standard InChI is InChI=1S/C27H25FN6O/c1-31(2)13-14-32-23-8-4-3-7-22(23)30-26(32)18-34-25-10-6-5-9-24(25)33(27(34)35)17-19-11-12-20(16-29)21(28)15-19/h3-12,15H,13-14,17-18H2,1-2H3. The van der Waals surface area contributed by atoms with Gasteiger partial charge in [0.15, 0.2) is 0 Å². The van der Waals surface area contributed by atoms with Gasteiger partial charge in [-0.15, -0.1) is 0 Å². The quantitative estimate of drug-likeness (QED) is 0.364. The lowest BCUT2D eigenvalue weighted by molar-refractivity contribution is 0.382. The number of nitriles is 1. The number of halogens is 1. The molecule has 0 aliphatic carbocycles. The number of imidazole rings is 2. The zero-order valence-corrected chi connectivity index (χ0v) is 19.6. The Morgan fingerprint density at radius 3 is 2.23 bits per heavy atom. The lowest BCUT2D eigenvalue weighted by Crippen LogP contribution is -2.27. The van der Waals surface area contributed by atoms with Gasteiger partial charge in [0, 0.05) is 13.1 Å². The minimum Gasteiger partial charge on any atom is -0.325 e. The normalized spacial score (nSPS) is 11.5. The molecule has 2 aromatic heterocycles. The van der Waals surface area contributed by atoms with Crippen molar-refractivity contribution in [2.45, 2.75) is 19.6 Å². The maximum Gasteiger partial charge on any atom is 0.329 e. The fourth-order valence-corrected chi connectivity index (χ4v) is 4.45. The van der Waals surface area contributed by atoms with Gasteiger partial charge in [-0.1, -0.05) is 30.3 Å². The molecule has 0 aliphatic rings. The summed E-state index contributed by atoms with van der Waals surface area (Å²) in [5.41, 5.74) is 3.89. The van der Waals surface area contributed by atoms with E-state index in [1.54, 1.807) is 15.2 Å². The first-order chi connectivity index (χ1) is 17.0. The summed E-state index contributed by atoms with van der Waals surface area (Å²) in [4.78, 5) is 20.6. The van der Waals surface area contributed by atoms with Gasteiger partial charge in [0.1, 0.15) is 17.7 Å². The molecule has 0 bridgehead atoms. The zero-order chi connectivity index (χ0) is 24.5. The molecule has 7 nitrogen and oxygen atoms in total. The van der Waals surface area contributed by atoms with Crippen molar-refractivity contribution in [2.75, 3.05) is 20.6 Å². The van der Waals surface area contributed by atoms with Crippen molar-refractivity contribution in [3.8, 4) is 6.07 Å². The molecule has 0 atom stereocenters. The molecule has 0 aliphatic heterocycles. The number of para-hydroxylation sites is 4. The fourth-order valence-electron chi connectivity index (χ4n) is 4.45. The van der Waals surface area contributed by atoms with Gasteiger partial charge in [-0.3, -0.25) is 9.13 Å². The number of hydrogen-bond acceptors (Lipinski definition) is 4. The van der Waals surface area contributed by atoms with E-state index in [0.717, 1.165) is 41.0 Å². The van der Waals surface area contributed by atoms with Crippen molar-refractivity contribution in [3.05, 3.63) is 100.0 Å². The minimum absolute atomic E-state index is 0.0137. The Morgan fingerprint density at radius 1 is 0.914 bits per heavy atom. The van der Waals surface area contributed by atoms with E-state index >= 15 is 0 Å². The molecular formula is C27H25FN6O. The van der Waals surface area contributed by atoms with E-state index in [1.807, 2.05) is 68.7 Å². The predicted octanol–water partition coefficient (Wildman–Crippen LogP) is 3.82. The van der Waals surface area contributed by atoms with Gasteiger partial charge in [-0.05, 0) is 56.1 Å². The van der Waals surface area contributed by atoms with Gasteiger partial charge in [0.2, 0.25) is 0 Å². The average molecular weight is 469 g/mol. The lowest BCUT2D eigenvalue weighted by atomic mass is 10.1. The Kier molecular flexibility index (Phi) is 5.93. The minimum atomic E-state index is -0.587. The highest BCUT2D eigenvalue weighted by Crippen LogP contribution is 2.20. The lowest BCUT2D eigenvalue weighted by Gasteiger charge is -2.13. The molecule has 5 rings (SSSR count). The largest absolute Gasteiger partial charge is 0.329 e. The maximum absolute atomic E-state index is 14.2. The summed E-state index contributed by atoms with van der Waals surface area (Å²) in [6.07, 6.45) is 0. The molecule has 5 aromatic rings. The first-order valence-electron chi connectivity index (χ1n) is 11.4. The van der Waals surface area contributed by atoms with Crippen LogP contribution >= 0.6 is 0 Å². The molecule has 0 N–H and O–H groups in total. The summed E-state index contributed by atoms with van der Waals surface area (Å²) < 4.78 is 19.7. The highest BCUT2D eigenvalue weighted by Gasteiger charge is 2.18. The molecule has 0 saturated carbocycles. The van der Waals surface area contributed by atoms with E-state index in [-0.39, 0.29) is 17.8 Å². The van der Waals surface area contributed by atoms with Gasteiger partial charge in [0.25, 0.3) is 0 Å². The zero-order valence-electron chi connectivity index (χ0n) is 19.6. The number of nitrogens with zero attached hydrogens (tertiary/aromatic N) is 6. The van der Waals surface area contributed by atoms with Crippen molar-refractivity contribution in [1.29, 1.82) is 5.26 Å². The molecule has 2 heterocycles. The van der Waals surface area contributed by atoms with Crippen LogP contribution in [0.5, 0.6) is 0 Å². The van der Waals surface area contributed by atoms with E-state index in [0.29, 0.717) is 12.1 Å². The first kappa shape index (κ1) is 22.6. The Morgan fingerprint density at radius 2 is 1.57 bits per heavy atom. The number of likely N-dealkylation sites (N-methyl/N-ethyl adjacent to an activating group) is 1. The molecule has 0 unspecified atom stereocenters. The van der Waals surface area contributed by atoms with Crippen LogP contribution in [0, 0.1) is 17.1 Å². The third-order valence-corrected chi connectivity index (χ3v) is 6.22. The summed E-state index contributed by atoms with van der Waals surface area (Å²) in [7, 11) is 4.06. The van der Waals surface area contributed by atoms with Crippen LogP contribution in [-0.2, 0) is 19.6 Å². The topological polar surface area (TPSA) is 71.8 Å². The van der Waals surface area contributed by atoms with Crippen LogP contribution < -0.4 is 5.69 Å². The second kappa shape index (κ2) is 9.20. The van der Waals surface area contributed by atoms with Crippen molar-refractivity contribution in [3.63, 3.8) is 0 Å². The second-order valence-corrected chi connectivity index (χ2v) is 8.84. The van der Waals surface area contributed by atoms with Crippen LogP contribution in [0.25, 0.3) is 22.1 Å². The van der Waals surface area contributed by atoms with Gasteiger partial charge in [-0.25, -0.2) is 14.2 Å². The summed E-state index contributed by atoms with van der Waals surface area (Å²) in [6.45, 7) is 2.11. The van der Waals surface area contributed by atoms with E-state index in [4.69, 9.17) is 10.2 Å². The molecule has 0 fully saturated rings. The van der Waals surface area contributed by atoms with Crippen LogP contribution in [0.2, 0.25) is 0 Å². The Bertz CT molecular complexity index is 1640. The smallest absolute Gasteiger partial charge is 0.325 e. The molecule has 0 saturated heterocycles. The number of hydrogen-bond donors (Lipinski definition) is 0. The molecule has 8 heteroatoms. The number of fused-ring (bicyclic) bond motifs is 2. The number of rotatable bonds is 7. The van der Waals surface area contributed by atoms with Gasteiger partial charge in [0.05, 0.1) is 40.7 Å². The Hall–Kier alpha value is -4.22. The van der Waals surface area contributed by atoms with Crippen molar-refractivity contribution in [2.24, 2.45) is 0 Å². The summed E-state index contributed by atoms with van der Waals surface area (Å²) >= 11 is 0. The van der Waals surface area contributed by atoms with Crippen LogP contribution in [0.1, 0.15) is 17.0 Å². The average Bonchev–Trinajstić information content (AvgIpc) is 3.33. The van der Waals surface area contributed by atoms with Crippen molar-refractivity contribution >= 4 is 22.1 Å². The second-order valence-electron chi connectivity index (χ2n) is 8.84. The van der Waals surface area contributed by atoms with E-state index in [9.17, 15) is 9.18 Å². The summed E-state index contributed by atoms with van der Waals surface area (Å²) in [6, 6.07) is 21.9. The molecule has 0 spiro atoms. The molecule has 35 heavy (non-hydrogen) atoms. The molecular weight excluding hydrogens is 443 g/mol. The van der Waals surface area contributed by atoms with Crippen LogP contribution in [-0.4, -0.2) is 44.2 Å². The Labute approximate surface area is 201 Å². The fraction of sp³-hybridized carbons (Fsp3) is 0.222. The molecule has 3 aromatic carbocycles. The third kappa shape index (κ3) is 4.22. The van der Waals surface area contributed by atoms with Crippen molar-refractivity contribution < 1.29 is 4.39 Å². The highest BCUT2D eigenvalue weighted by molar-refractivity contribution is 5.77. The number of benzene rings is 3. The summed E-state index contributed by atoms with van der Waals surface area (Å²) in [5, 5.41) is 9.01. The predicted molar refractivity (Wildman–Crippen MR) is 134 cm³/mol. The number of aromatic nitrogens is 4. The van der Waals surface area contributed by atoms with Gasteiger partial charge >= 0.3 is 5.69 Å². The molecule has 176 valence electrons. The SMILES string of the molecule is CN(C)CCn1c(Cn2c(=O)n(Cc3ccc(C#N)c(F)c3)c3ccccc32)nc2ccccc21. The molecule has 0 radical (unpaired) electrons. The Balaban J connectivity index is 1.59. The van der Waals surface area contributed by atoms with E-state index in [2.05, 4.69) is 9.47 Å². The van der Waals surface area contributed by atoms with Crippen LogP contribution in [0.4, 0.5) is 4.39 Å². The van der Waals surface area contributed by atoms with E-state index < -0.39 is 5.82 Å². The van der Waals surface area contributed by atoms with Gasteiger partial charge < -0.3 is 9.47 Å². The maximum atomic E-state index is 14.2. The highest BCUT2D eigenvalue weighted by atomic mass is 19.1. The van der Waals surface area contributed by atoms with Crippen molar-refractivity contribution in [1.82, 2.24) is 23.6 Å². The molecule has 0 amide bonds. The summed E-state index contributed by atoms with van der Waals surface area (Å²) in [5.74, 6) is 0.221. The van der Waals surface area contributed by atoms with Gasteiger partial charge in [-0.2, -0.15) is 5.26 Å². The monoisotopic (exact) mass is 468 g/mol. The first-order valence-corrected chi connectivity index (χ1v) is 11.4. The van der Waals surface area contributed by atoms with Crippen LogP contribution in [0.3, 0.4) is 0 Å². The third-order valence-electron chi connectivity index (χ3n) is 6.22. The van der Waals surface area contributed by atoms with Crippen LogP contribution in [0.15, 0.2) is 71.5 Å².